The topological polar surface area (TPSA) is 41.6 Å². The van der Waals surface area contributed by atoms with Gasteiger partial charge in [-0.1, -0.05) is 44.9 Å². The normalized spacial score (nSPS) is 19.9. The Labute approximate surface area is 105 Å². The largest absolute Gasteiger partial charge is 0.426 e. The number of hydrogen-bond acceptors (Lipinski definition) is 3. The van der Waals surface area contributed by atoms with Crippen molar-refractivity contribution in [2.24, 2.45) is 0 Å². The molecular formula is C13H26N2O2. The molecule has 0 heterocycles. The summed E-state index contributed by atoms with van der Waals surface area (Å²) in [6.45, 7) is 0. The summed E-state index contributed by atoms with van der Waals surface area (Å²) in [5.74, 6) is 0. The van der Waals surface area contributed by atoms with Gasteiger partial charge in [0.25, 0.3) is 0 Å². The minimum atomic E-state index is -0.322. The van der Waals surface area contributed by atoms with Gasteiger partial charge in [-0.2, -0.15) is 0 Å². The molecule has 0 spiro atoms. The van der Waals surface area contributed by atoms with Crippen molar-refractivity contribution in [3.05, 3.63) is 0 Å². The molecule has 17 heavy (non-hydrogen) atoms. The molecule has 4 nitrogen and oxygen atoms in total. The standard InChI is InChI=1S/C13H26N2O2/c1-15(2)17-13(16)14-12-10-8-6-4-3-5-7-9-11-12/h12H,3-11H2,1-2H3,(H,14,16). The van der Waals surface area contributed by atoms with E-state index in [1.54, 1.807) is 14.1 Å². The fraction of sp³-hybridized carbons (Fsp3) is 0.923. The SMILES string of the molecule is CN(C)OC(=O)NC1CCCCCCCCC1. The van der Waals surface area contributed by atoms with Gasteiger partial charge in [0, 0.05) is 20.1 Å². The van der Waals surface area contributed by atoms with Crippen molar-refractivity contribution in [3.63, 3.8) is 0 Å². The average molecular weight is 242 g/mol. The van der Waals surface area contributed by atoms with E-state index >= 15 is 0 Å². The van der Waals surface area contributed by atoms with Crippen LogP contribution in [0, 0.1) is 0 Å². The molecule has 1 aliphatic rings. The number of amides is 1. The quantitative estimate of drug-likeness (QED) is 0.757. The molecule has 0 aromatic rings. The minimum absolute atomic E-state index is 0.292. The highest BCUT2D eigenvalue weighted by molar-refractivity contribution is 5.67. The molecule has 0 saturated heterocycles. The first kappa shape index (κ1) is 14.3. The first-order valence-corrected chi connectivity index (χ1v) is 6.84. The van der Waals surface area contributed by atoms with E-state index in [1.807, 2.05) is 0 Å². The van der Waals surface area contributed by atoms with E-state index in [9.17, 15) is 4.79 Å². The van der Waals surface area contributed by atoms with Crippen LogP contribution in [-0.4, -0.2) is 31.3 Å². The van der Waals surface area contributed by atoms with Crippen LogP contribution in [0.3, 0.4) is 0 Å². The Kier molecular flexibility index (Phi) is 7.01. The van der Waals surface area contributed by atoms with Gasteiger partial charge in [-0.05, 0) is 12.8 Å². The van der Waals surface area contributed by atoms with Crippen molar-refractivity contribution < 1.29 is 9.63 Å². The molecule has 1 aliphatic carbocycles. The zero-order valence-corrected chi connectivity index (χ0v) is 11.2. The summed E-state index contributed by atoms with van der Waals surface area (Å²) in [5, 5.41) is 4.39. The highest BCUT2D eigenvalue weighted by Crippen LogP contribution is 2.16. The van der Waals surface area contributed by atoms with Crippen molar-refractivity contribution in [3.8, 4) is 0 Å². The highest BCUT2D eigenvalue weighted by atomic mass is 16.7. The van der Waals surface area contributed by atoms with Gasteiger partial charge in [-0.25, -0.2) is 4.79 Å². The van der Waals surface area contributed by atoms with Crippen LogP contribution < -0.4 is 5.32 Å². The number of nitrogens with one attached hydrogen (secondary N) is 1. The van der Waals surface area contributed by atoms with E-state index in [2.05, 4.69) is 5.32 Å². The van der Waals surface area contributed by atoms with Gasteiger partial charge in [0.1, 0.15) is 0 Å². The molecule has 1 saturated carbocycles. The fourth-order valence-electron chi connectivity index (χ4n) is 2.31. The molecule has 1 rings (SSSR count). The molecule has 0 atom stereocenters. The van der Waals surface area contributed by atoms with Crippen LogP contribution >= 0.6 is 0 Å². The first-order valence-electron chi connectivity index (χ1n) is 6.84. The Balaban J connectivity index is 2.29. The fourth-order valence-corrected chi connectivity index (χ4v) is 2.31. The van der Waals surface area contributed by atoms with Gasteiger partial charge in [0.15, 0.2) is 0 Å². The van der Waals surface area contributed by atoms with Crippen LogP contribution in [0.25, 0.3) is 0 Å². The number of nitrogens with zero attached hydrogens (tertiary/aromatic N) is 1. The molecule has 0 aliphatic heterocycles. The van der Waals surface area contributed by atoms with Crippen LogP contribution in [0.2, 0.25) is 0 Å². The molecule has 4 heteroatoms. The molecule has 100 valence electrons. The zero-order chi connectivity index (χ0) is 12.5. The van der Waals surface area contributed by atoms with Crippen molar-refractivity contribution in [1.29, 1.82) is 0 Å². The van der Waals surface area contributed by atoms with Crippen LogP contribution in [-0.2, 0) is 4.84 Å². The molecule has 0 aromatic carbocycles. The van der Waals surface area contributed by atoms with Gasteiger partial charge >= 0.3 is 6.09 Å². The number of rotatable bonds is 2. The van der Waals surface area contributed by atoms with Gasteiger partial charge in [-0.15, -0.1) is 5.06 Å². The Bertz CT molecular complexity index is 209. The Morgan fingerprint density at radius 2 is 1.47 bits per heavy atom. The molecule has 0 radical (unpaired) electrons. The van der Waals surface area contributed by atoms with Gasteiger partial charge in [-0.3, -0.25) is 0 Å². The van der Waals surface area contributed by atoms with Crippen LogP contribution in [0.4, 0.5) is 4.79 Å². The second-order valence-corrected chi connectivity index (χ2v) is 5.08. The number of carbonyl (C=O) groups is 1. The molecule has 0 aromatic heterocycles. The lowest BCUT2D eigenvalue weighted by molar-refractivity contribution is -0.0563. The molecule has 1 N–H and O–H groups in total. The Hall–Kier alpha value is -0.770. The average Bonchev–Trinajstić information content (AvgIpc) is 2.26. The van der Waals surface area contributed by atoms with Gasteiger partial charge < -0.3 is 10.2 Å². The highest BCUT2D eigenvalue weighted by Gasteiger charge is 2.14. The summed E-state index contributed by atoms with van der Waals surface area (Å²) >= 11 is 0. The molecule has 1 amide bonds. The lowest BCUT2D eigenvalue weighted by Gasteiger charge is -2.20. The maximum absolute atomic E-state index is 11.5. The molecule has 1 fully saturated rings. The van der Waals surface area contributed by atoms with Crippen LogP contribution in [0.5, 0.6) is 0 Å². The maximum atomic E-state index is 11.5. The lowest BCUT2D eigenvalue weighted by Crippen LogP contribution is -2.37. The Morgan fingerprint density at radius 1 is 1.00 bits per heavy atom. The van der Waals surface area contributed by atoms with Crippen LogP contribution in [0.1, 0.15) is 57.8 Å². The van der Waals surface area contributed by atoms with Crippen molar-refractivity contribution in [2.75, 3.05) is 14.1 Å². The Morgan fingerprint density at radius 3 is 1.94 bits per heavy atom. The van der Waals surface area contributed by atoms with E-state index < -0.39 is 0 Å². The van der Waals surface area contributed by atoms with Crippen molar-refractivity contribution in [1.82, 2.24) is 10.4 Å². The number of carbonyl (C=O) groups excluding carboxylic acids is 1. The minimum Gasteiger partial charge on any atom is -0.352 e. The van der Waals surface area contributed by atoms with E-state index in [4.69, 9.17) is 4.84 Å². The van der Waals surface area contributed by atoms with Gasteiger partial charge in [0.05, 0.1) is 0 Å². The number of hydrogen-bond donors (Lipinski definition) is 1. The van der Waals surface area contributed by atoms with E-state index in [1.165, 1.54) is 50.0 Å². The van der Waals surface area contributed by atoms with Gasteiger partial charge in [0.2, 0.25) is 0 Å². The predicted molar refractivity (Wildman–Crippen MR) is 68.6 cm³/mol. The third-order valence-electron chi connectivity index (χ3n) is 3.19. The predicted octanol–water partition coefficient (Wildman–Crippen LogP) is 3.08. The summed E-state index contributed by atoms with van der Waals surface area (Å²) in [7, 11) is 3.43. The van der Waals surface area contributed by atoms with Crippen LogP contribution in [0.15, 0.2) is 0 Å². The molecular weight excluding hydrogens is 216 g/mol. The maximum Gasteiger partial charge on any atom is 0.426 e. The first-order chi connectivity index (χ1) is 8.18. The summed E-state index contributed by atoms with van der Waals surface area (Å²) in [4.78, 5) is 16.5. The third kappa shape index (κ3) is 7.21. The monoisotopic (exact) mass is 242 g/mol. The smallest absolute Gasteiger partial charge is 0.352 e. The third-order valence-corrected chi connectivity index (χ3v) is 3.19. The second-order valence-electron chi connectivity index (χ2n) is 5.08. The summed E-state index contributed by atoms with van der Waals surface area (Å²) in [5.41, 5.74) is 0. The van der Waals surface area contributed by atoms with Crippen molar-refractivity contribution in [2.45, 2.75) is 63.8 Å². The lowest BCUT2D eigenvalue weighted by atomic mass is 9.97. The number of hydroxylamine groups is 2. The summed E-state index contributed by atoms with van der Waals surface area (Å²) < 4.78 is 0. The molecule has 0 bridgehead atoms. The summed E-state index contributed by atoms with van der Waals surface area (Å²) in [6.07, 6.45) is 10.9. The molecule has 0 unspecified atom stereocenters. The second kappa shape index (κ2) is 8.34. The van der Waals surface area contributed by atoms with E-state index in [0.29, 0.717) is 6.04 Å². The summed E-state index contributed by atoms with van der Waals surface area (Å²) in [6, 6.07) is 0.292. The van der Waals surface area contributed by atoms with E-state index in [-0.39, 0.29) is 6.09 Å². The van der Waals surface area contributed by atoms with Crippen molar-refractivity contribution >= 4 is 6.09 Å². The zero-order valence-electron chi connectivity index (χ0n) is 11.2. The van der Waals surface area contributed by atoms with E-state index in [0.717, 1.165) is 12.8 Å².